The molecule has 0 saturated heterocycles. The highest BCUT2D eigenvalue weighted by Gasteiger charge is 2.38. The Morgan fingerprint density at radius 1 is 0.861 bits per heavy atom. The highest BCUT2D eigenvalue weighted by Crippen LogP contribution is 2.51. The number of ether oxygens (including phenoxy) is 6. The van der Waals surface area contributed by atoms with Gasteiger partial charge < -0.3 is 43.1 Å². The first-order valence-corrected chi connectivity index (χ1v) is 11.0. The molecule has 2 N–H and O–H groups in total. The fraction of sp³-hybridized carbons (Fsp3) is 0.269. The summed E-state index contributed by atoms with van der Waals surface area (Å²) in [7, 11) is 5.73. The van der Waals surface area contributed by atoms with Crippen molar-refractivity contribution in [1.29, 1.82) is 0 Å². The van der Waals surface area contributed by atoms with E-state index in [0.29, 0.717) is 16.9 Å². The second kappa shape index (κ2) is 9.04. The number of benzene rings is 3. The van der Waals surface area contributed by atoms with E-state index >= 15 is 0 Å². The molecular formula is C26H24O10. The Hall–Kier alpha value is -4.31. The minimum atomic E-state index is -0.905. The lowest BCUT2D eigenvalue weighted by molar-refractivity contribution is -0.0135. The smallest absolute Gasteiger partial charge is 0.209 e. The molecule has 0 unspecified atom stereocenters. The van der Waals surface area contributed by atoms with Crippen LogP contribution in [0, 0.1) is 0 Å². The number of hydrogen-bond donors (Lipinski definition) is 2. The first kappa shape index (κ1) is 23.4. The number of hydrogen-bond acceptors (Lipinski definition) is 10. The molecule has 0 fully saturated rings. The standard InChI is InChI=1S/C26H24O10/c1-30-14-6-5-7-15-20(14)21(28)13-10-18(33-4)25-26(24(13)34-15)35-19(11-27)23(36-25)12-8-16(31-2)22(29)17(9-12)32-3/h5-10,19,23,27,29H,11H2,1-4H3/t19-,23+/m0/s1. The highest BCUT2D eigenvalue weighted by atomic mass is 16.6. The van der Waals surface area contributed by atoms with Gasteiger partial charge in [0.05, 0.1) is 40.4 Å². The largest absolute Gasteiger partial charge is 0.502 e. The summed E-state index contributed by atoms with van der Waals surface area (Å²) in [5.74, 6) is 1.07. The van der Waals surface area contributed by atoms with E-state index in [2.05, 4.69) is 0 Å². The average Bonchev–Trinajstić information content (AvgIpc) is 2.91. The third-order valence-electron chi connectivity index (χ3n) is 6.13. The molecule has 4 aromatic rings. The average molecular weight is 496 g/mol. The summed E-state index contributed by atoms with van der Waals surface area (Å²) in [4.78, 5) is 13.4. The van der Waals surface area contributed by atoms with Gasteiger partial charge in [-0.25, -0.2) is 0 Å². The van der Waals surface area contributed by atoms with Crippen LogP contribution in [0.15, 0.2) is 45.6 Å². The van der Waals surface area contributed by atoms with Crippen molar-refractivity contribution in [3.8, 4) is 40.2 Å². The third-order valence-corrected chi connectivity index (χ3v) is 6.13. The maximum Gasteiger partial charge on any atom is 0.209 e. The normalized spacial score (nSPS) is 16.7. The zero-order valence-corrected chi connectivity index (χ0v) is 20.0. The summed E-state index contributed by atoms with van der Waals surface area (Å²) < 4.78 is 40.0. The Balaban J connectivity index is 1.73. The van der Waals surface area contributed by atoms with Crippen LogP contribution < -0.4 is 33.8 Å². The van der Waals surface area contributed by atoms with Gasteiger partial charge in [-0.1, -0.05) is 6.07 Å². The van der Waals surface area contributed by atoms with Crippen LogP contribution in [-0.2, 0) is 0 Å². The molecule has 5 rings (SSSR count). The topological polar surface area (TPSA) is 126 Å². The number of aliphatic hydroxyl groups excluding tert-OH is 1. The van der Waals surface area contributed by atoms with E-state index in [4.69, 9.17) is 32.8 Å². The molecule has 1 aliphatic rings. The minimum Gasteiger partial charge on any atom is -0.502 e. The molecule has 36 heavy (non-hydrogen) atoms. The Morgan fingerprint density at radius 3 is 2.14 bits per heavy atom. The van der Waals surface area contributed by atoms with Gasteiger partial charge >= 0.3 is 0 Å². The molecule has 2 heterocycles. The molecule has 3 aromatic carbocycles. The van der Waals surface area contributed by atoms with Crippen LogP contribution in [0.1, 0.15) is 11.7 Å². The van der Waals surface area contributed by atoms with E-state index in [1.54, 1.807) is 30.3 Å². The first-order valence-electron chi connectivity index (χ1n) is 11.0. The van der Waals surface area contributed by atoms with Crippen molar-refractivity contribution < 1.29 is 43.1 Å². The van der Waals surface area contributed by atoms with Crippen LogP contribution in [0.3, 0.4) is 0 Å². The molecule has 10 heteroatoms. The summed E-state index contributed by atoms with van der Waals surface area (Å²) in [6, 6.07) is 9.68. The summed E-state index contributed by atoms with van der Waals surface area (Å²) in [6.07, 6.45) is -1.75. The molecular weight excluding hydrogens is 472 g/mol. The molecule has 0 radical (unpaired) electrons. The lowest BCUT2D eigenvalue weighted by atomic mass is 10.0. The third kappa shape index (κ3) is 3.49. The molecule has 0 saturated carbocycles. The van der Waals surface area contributed by atoms with Crippen molar-refractivity contribution in [3.63, 3.8) is 0 Å². The Morgan fingerprint density at radius 2 is 1.53 bits per heavy atom. The number of aromatic hydroxyl groups is 1. The Kier molecular flexibility index (Phi) is 5.89. The number of rotatable bonds is 6. The number of phenolic OH excluding ortho intramolecular Hbond substituents is 1. The van der Waals surface area contributed by atoms with Crippen LogP contribution in [0.4, 0.5) is 0 Å². The monoisotopic (exact) mass is 496 g/mol. The van der Waals surface area contributed by atoms with E-state index in [1.807, 2.05) is 0 Å². The van der Waals surface area contributed by atoms with Gasteiger partial charge in [-0.05, 0) is 30.3 Å². The van der Waals surface area contributed by atoms with E-state index in [0.717, 1.165) is 0 Å². The number of fused-ring (bicyclic) bond motifs is 4. The zero-order chi connectivity index (χ0) is 25.6. The number of phenols is 1. The molecule has 10 nitrogen and oxygen atoms in total. The quantitative estimate of drug-likeness (QED) is 0.383. The molecule has 0 bridgehead atoms. The maximum atomic E-state index is 13.4. The minimum absolute atomic E-state index is 0.124. The molecule has 0 amide bonds. The van der Waals surface area contributed by atoms with Crippen molar-refractivity contribution in [2.45, 2.75) is 12.2 Å². The summed E-state index contributed by atoms with van der Waals surface area (Å²) in [6.45, 7) is -0.431. The second-order valence-electron chi connectivity index (χ2n) is 8.03. The van der Waals surface area contributed by atoms with Gasteiger partial charge in [0.1, 0.15) is 16.7 Å². The second-order valence-corrected chi connectivity index (χ2v) is 8.03. The first-order chi connectivity index (χ1) is 17.4. The Labute approximate surface area is 205 Å². The van der Waals surface area contributed by atoms with Crippen molar-refractivity contribution in [3.05, 3.63) is 52.2 Å². The zero-order valence-electron chi connectivity index (χ0n) is 20.0. The number of aliphatic hydroxyl groups is 1. The van der Waals surface area contributed by atoms with Crippen LogP contribution in [0.5, 0.6) is 40.2 Å². The van der Waals surface area contributed by atoms with Gasteiger partial charge in [-0.2, -0.15) is 0 Å². The molecule has 188 valence electrons. The van der Waals surface area contributed by atoms with Crippen molar-refractivity contribution in [2.75, 3.05) is 35.0 Å². The predicted octanol–water partition coefficient (Wildman–Crippen LogP) is 3.56. The van der Waals surface area contributed by atoms with Crippen LogP contribution in [0.25, 0.3) is 21.9 Å². The van der Waals surface area contributed by atoms with Gasteiger partial charge in [0, 0.05) is 5.56 Å². The number of methoxy groups -OCH3 is 4. The fourth-order valence-corrected chi connectivity index (χ4v) is 4.38. The van der Waals surface area contributed by atoms with Gasteiger partial charge in [-0.15, -0.1) is 0 Å². The van der Waals surface area contributed by atoms with Crippen LogP contribution in [-0.4, -0.2) is 51.4 Å². The van der Waals surface area contributed by atoms with Crippen LogP contribution >= 0.6 is 0 Å². The lowest BCUT2D eigenvalue weighted by Crippen LogP contribution is -2.36. The Bertz CT molecular complexity index is 1500. The van der Waals surface area contributed by atoms with E-state index in [-0.39, 0.29) is 56.3 Å². The predicted molar refractivity (Wildman–Crippen MR) is 129 cm³/mol. The molecule has 2 atom stereocenters. The van der Waals surface area contributed by atoms with Crippen LogP contribution in [0.2, 0.25) is 0 Å². The lowest BCUT2D eigenvalue weighted by Gasteiger charge is -2.34. The SMILES string of the molecule is COc1cc([C@H]2Oc3c(OC)cc4c(=O)c5c(OC)cccc5oc4c3O[C@H]2CO)cc(OC)c1O. The highest BCUT2D eigenvalue weighted by molar-refractivity contribution is 5.97. The van der Waals surface area contributed by atoms with Crippen molar-refractivity contribution >= 4 is 21.9 Å². The van der Waals surface area contributed by atoms with Gasteiger partial charge in [0.15, 0.2) is 35.0 Å². The molecule has 1 aromatic heterocycles. The maximum absolute atomic E-state index is 13.4. The molecule has 1 aliphatic heterocycles. The van der Waals surface area contributed by atoms with Gasteiger partial charge in [0.25, 0.3) is 0 Å². The van der Waals surface area contributed by atoms with Gasteiger partial charge in [0.2, 0.25) is 22.7 Å². The summed E-state index contributed by atoms with van der Waals surface area (Å²) in [5.41, 5.74) is 0.634. The van der Waals surface area contributed by atoms with E-state index in [1.165, 1.54) is 34.5 Å². The van der Waals surface area contributed by atoms with Gasteiger partial charge in [-0.3, -0.25) is 4.79 Å². The summed E-state index contributed by atoms with van der Waals surface area (Å²) in [5, 5.41) is 21.0. The molecule has 0 spiro atoms. The summed E-state index contributed by atoms with van der Waals surface area (Å²) >= 11 is 0. The van der Waals surface area contributed by atoms with Crippen molar-refractivity contribution in [2.24, 2.45) is 0 Å². The van der Waals surface area contributed by atoms with Crippen molar-refractivity contribution in [1.82, 2.24) is 0 Å². The molecule has 0 aliphatic carbocycles. The fourth-order valence-electron chi connectivity index (χ4n) is 4.38. The van der Waals surface area contributed by atoms with E-state index < -0.39 is 18.8 Å². The van der Waals surface area contributed by atoms with E-state index in [9.17, 15) is 15.0 Å².